The Kier molecular flexibility index (Phi) is 10.1. The number of allylic oxidation sites excluding steroid dienone is 6. The van der Waals surface area contributed by atoms with Crippen LogP contribution in [0.1, 0.15) is 93.7 Å². The fraction of sp³-hybridized carbons (Fsp3) is 0.548. The molecule has 2 fully saturated rings. The molecule has 1 aromatic carbocycles. The van der Waals surface area contributed by atoms with E-state index in [4.69, 9.17) is 18.6 Å². The fourth-order valence-corrected chi connectivity index (χ4v) is 4.34. The molecule has 2 aliphatic heterocycles. The smallest absolute Gasteiger partial charge is 0.399 e. The maximum atomic E-state index is 6.42. The van der Waals surface area contributed by atoms with Gasteiger partial charge in [-0.05, 0) is 102 Å². The van der Waals surface area contributed by atoms with E-state index in [0.29, 0.717) is 0 Å². The predicted octanol–water partition coefficient (Wildman–Crippen LogP) is 7.41. The maximum absolute atomic E-state index is 6.42. The first-order valence-electron chi connectivity index (χ1n) is 13.7. The van der Waals surface area contributed by atoms with E-state index in [1.54, 1.807) is 0 Å². The Labute approximate surface area is 227 Å². The van der Waals surface area contributed by atoms with Crippen molar-refractivity contribution < 1.29 is 18.6 Å². The van der Waals surface area contributed by atoms with E-state index in [1.165, 1.54) is 0 Å². The average Bonchev–Trinajstić information content (AvgIpc) is 3.21. The van der Waals surface area contributed by atoms with Crippen LogP contribution < -0.4 is 5.46 Å². The van der Waals surface area contributed by atoms with Crippen LogP contribution in [0.5, 0.6) is 0 Å². The highest BCUT2D eigenvalue weighted by Crippen LogP contribution is 2.41. The second kappa shape index (κ2) is 11.9. The van der Waals surface area contributed by atoms with Crippen molar-refractivity contribution in [3.63, 3.8) is 0 Å². The van der Waals surface area contributed by atoms with E-state index in [9.17, 15) is 0 Å². The first-order valence-corrected chi connectivity index (χ1v) is 13.7. The van der Waals surface area contributed by atoms with Crippen molar-refractivity contribution in [2.75, 3.05) is 0 Å². The molecule has 0 amide bonds. The molecule has 6 heteroatoms. The van der Waals surface area contributed by atoms with Gasteiger partial charge in [0, 0.05) is 0 Å². The Bertz CT molecular complexity index is 1040. The normalized spacial score (nSPS) is 24.9. The minimum absolute atomic E-state index is 0.351. The number of benzene rings is 1. The standard InChI is InChI=1S/C29H42B2O4.C2H6/c1-12-15-24(31-34-28(9,10)29(11,14-3)35-31)20-22(13-2)19-23-16-17-25(18-21(23)4)30-32-26(5,6)27(7,8)33-30;1-2/h12-13,15-20H,2,14H2,1,3-11H3;1-2H3/b15-12-,22-19+,24-20+;. The molecule has 0 aliphatic carbocycles. The summed E-state index contributed by atoms with van der Waals surface area (Å²) in [7, 11) is -0.800. The van der Waals surface area contributed by atoms with E-state index >= 15 is 0 Å². The Balaban J connectivity index is 0.00000235. The van der Waals surface area contributed by atoms with E-state index in [0.717, 1.165) is 34.1 Å². The van der Waals surface area contributed by atoms with Gasteiger partial charge in [-0.15, -0.1) is 0 Å². The van der Waals surface area contributed by atoms with Gasteiger partial charge >= 0.3 is 14.2 Å². The number of hydrogen-bond acceptors (Lipinski definition) is 4. The van der Waals surface area contributed by atoms with Crippen LogP contribution in [-0.2, 0) is 18.6 Å². The summed E-state index contributed by atoms with van der Waals surface area (Å²) < 4.78 is 25.2. The summed E-state index contributed by atoms with van der Waals surface area (Å²) >= 11 is 0. The molecule has 2 heterocycles. The molecular weight excluding hydrogens is 458 g/mol. The zero-order chi connectivity index (χ0) is 28.2. The predicted molar refractivity (Wildman–Crippen MR) is 160 cm³/mol. The van der Waals surface area contributed by atoms with Crippen LogP contribution >= 0.6 is 0 Å². The number of aryl methyl sites for hydroxylation is 1. The molecule has 0 bridgehead atoms. The lowest BCUT2D eigenvalue weighted by Gasteiger charge is -2.35. The van der Waals surface area contributed by atoms with Crippen molar-refractivity contribution >= 4 is 25.8 Å². The fourth-order valence-electron chi connectivity index (χ4n) is 4.34. The molecule has 0 aromatic heterocycles. The third kappa shape index (κ3) is 6.60. The zero-order valence-corrected chi connectivity index (χ0v) is 25.3. The van der Waals surface area contributed by atoms with Crippen LogP contribution in [0.25, 0.3) is 6.08 Å². The first kappa shape index (κ1) is 31.4. The summed E-state index contributed by atoms with van der Waals surface area (Å²) in [6.07, 6.45) is 11.0. The largest absolute Gasteiger partial charge is 0.494 e. The van der Waals surface area contributed by atoms with Gasteiger partial charge < -0.3 is 18.6 Å². The van der Waals surface area contributed by atoms with E-state index in [1.807, 2.05) is 39.0 Å². The third-order valence-corrected chi connectivity index (χ3v) is 8.06. The lowest BCUT2D eigenvalue weighted by Crippen LogP contribution is -2.44. The minimum atomic E-state index is -0.429. The Hall–Kier alpha value is -1.85. The third-order valence-electron chi connectivity index (χ3n) is 8.06. The second-order valence-corrected chi connectivity index (χ2v) is 11.4. The zero-order valence-electron chi connectivity index (χ0n) is 25.3. The second-order valence-electron chi connectivity index (χ2n) is 11.4. The van der Waals surface area contributed by atoms with Crippen molar-refractivity contribution in [3.05, 3.63) is 71.3 Å². The van der Waals surface area contributed by atoms with Gasteiger partial charge in [-0.3, -0.25) is 0 Å². The van der Waals surface area contributed by atoms with Gasteiger partial charge in [-0.2, -0.15) is 0 Å². The summed E-state index contributed by atoms with van der Waals surface area (Å²) in [6.45, 7) is 28.9. The van der Waals surface area contributed by atoms with Gasteiger partial charge in [-0.1, -0.05) is 69.9 Å². The lowest BCUT2D eigenvalue weighted by molar-refractivity contribution is -0.0118. The highest BCUT2D eigenvalue weighted by Gasteiger charge is 2.54. The molecule has 1 unspecified atom stereocenters. The molecule has 1 atom stereocenters. The molecule has 2 saturated heterocycles. The number of hydrogen-bond donors (Lipinski definition) is 0. The Morgan fingerprint density at radius 3 is 1.97 bits per heavy atom. The van der Waals surface area contributed by atoms with Gasteiger partial charge in [0.1, 0.15) is 0 Å². The summed E-state index contributed by atoms with van der Waals surface area (Å²) in [4.78, 5) is 0. The Morgan fingerprint density at radius 2 is 1.51 bits per heavy atom. The molecule has 3 rings (SSSR count). The lowest BCUT2D eigenvalue weighted by atomic mass is 9.76. The van der Waals surface area contributed by atoms with Crippen molar-refractivity contribution in [2.24, 2.45) is 0 Å². The van der Waals surface area contributed by atoms with Crippen LogP contribution in [0.3, 0.4) is 0 Å². The van der Waals surface area contributed by atoms with Gasteiger partial charge in [0.2, 0.25) is 0 Å². The van der Waals surface area contributed by atoms with Gasteiger partial charge in [-0.25, -0.2) is 0 Å². The highest BCUT2D eigenvalue weighted by molar-refractivity contribution is 6.62. The molecule has 202 valence electrons. The molecule has 0 spiro atoms. The molecule has 37 heavy (non-hydrogen) atoms. The number of rotatable bonds is 7. The Morgan fingerprint density at radius 1 is 0.919 bits per heavy atom. The SMILES string of the molecule is C=CC(/C=C(\C=C/C)B1OC(C)(C)C(C)(CC)O1)=C\c1ccc(B2OC(C)(C)C(C)(C)O2)cc1C.CC. The van der Waals surface area contributed by atoms with Crippen LogP contribution in [0, 0.1) is 6.92 Å². The van der Waals surface area contributed by atoms with Crippen LogP contribution in [0.15, 0.2) is 60.1 Å². The maximum Gasteiger partial charge on any atom is 0.494 e. The quantitative estimate of drug-likeness (QED) is 0.285. The van der Waals surface area contributed by atoms with Crippen LogP contribution in [0.4, 0.5) is 0 Å². The van der Waals surface area contributed by atoms with E-state index in [-0.39, 0.29) is 29.5 Å². The molecule has 2 aliphatic rings. The summed E-state index contributed by atoms with van der Waals surface area (Å²) in [6, 6.07) is 6.34. The molecule has 4 nitrogen and oxygen atoms in total. The monoisotopic (exact) mass is 506 g/mol. The minimum Gasteiger partial charge on any atom is -0.399 e. The molecular formula is C31H48B2O4. The molecule has 0 N–H and O–H groups in total. The van der Waals surface area contributed by atoms with Crippen LogP contribution in [-0.4, -0.2) is 36.6 Å². The van der Waals surface area contributed by atoms with Crippen molar-refractivity contribution in [1.82, 2.24) is 0 Å². The van der Waals surface area contributed by atoms with Gasteiger partial charge in [0.05, 0.1) is 22.4 Å². The van der Waals surface area contributed by atoms with Crippen LogP contribution in [0.2, 0.25) is 0 Å². The highest BCUT2D eigenvalue weighted by atomic mass is 16.7. The summed E-state index contributed by atoms with van der Waals surface area (Å²) in [5, 5.41) is 0. The van der Waals surface area contributed by atoms with Crippen molar-refractivity contribution in [3.8, 4) is 0 Å². The summed E-state index contributed by atoms with van der Waals surface area (Å²) in [5.41, 5.74) is 3.78. The first-order chi connectivity index (χ1) is 17.2. The average molecular weight is 506 g/mol. The van der Waals surface area contributed by atoms with E-state index in [2.05, 4.69) is 99.2 Å². The van der Waals surface area contributed by atoms with Gasteiger partial charge in [0.15, 0.2) is 0 Å². The topological polar surface area (TPSA) is 36.9 Å². The van der Waals surface area contributed by atoms with E-state index < -0.39 is 7.12 Å². The molecule has 0 radical (unpaired) electrons. The molecule has 1 aromatic rings. The van der Waals surface area contributed by atoms with Crippen molar-refractivity contribution in [1.29, 1.82) is 0 Å². The van der Waals surface area contributed by atoms with Crippen molar-refractivity contribution in [2.45, 2.75) is 112 Å². The van der Waals surface area contributed by atoms with Gasteiger partial charge in [0.25, 0.3) is 0 Å². The molecule has 0 saturated carbocycles. The summed E-state index contributed by atoms with van der Waals surface area (Å²) in [5.74, 6) is 0.